The van der Waals surface area contributed by atoms with Gasteiger partial charge in [0.25, 0.3) is 0 Å². The van der Waals surface area contributed by atoms with Crippen molar-refractivity contribution in [3.63, 3.8) is 0 Å². The quantitative estimate of drug-likeness (QED) is 0.815. The fourth-order valence-corrected chi connectivity index (χ4v) is 2.41. The molecule has 1 aromatic carbocycles. The molecule has 0 spiro atoms. The highest BCUT2D eigenvalue weighted by molar-refractivity contribution is 5.56. The largest absolute Gasteiger partial charge is 0.384 e. The molecule has 2 aliphatic heterocycles. The summed E-state index contributed by atoms with van der Waals surface area (Å²) in [5.41, 5.74) is 3.62. The van der Waals surface area contributed by atoms with E-state index in [-0.39, 0.29) is 5.41 Å². The van der Waals surface area contributed by atoms with Crippen molar-refractivity contribution in [2.24, 2.45) is 5.41 Å². The predicted molar refractivity (Wildman–Crippen MR) is 61.2 cm³/mol. The first kappa shape index (κ1) is 9.68. The van der Waals surface area contributed by atoms with Gasteiger partial charge in [0.15, 0.2) is 0 Å². The number of nitrogens with one attached hydrogen (secondary N) is 1. The Bertz CT molecular complexity index is 457. The lowest BCUT2D eigenvalue weighted by molar-refractivity contribution is -0.0765. The maximum absolute atomic E-state index is 9.15. The first-order chi connectivity index (χ1) is 7.81. The summed E-state index contributed by atoms with van der Waals surface area (Å²) < 4.78 is 5.16. The van der Waals surface area contributed by atoms with Gasteiger partial charge in [-0.3, -0.25) is 0 Å². The van der Waals surface area contributed by atoms with Gasteiger partial charge in [-0.25, -0.2) is 0 Å². The van der Waals surface area contributed by atoms with Crippen LogP contribution in [-0.4, -0.2) is 19.8 Å². The highest BCUT2D eigenvalue weighted by Crippen LogP contribution is 2.32. The Balaban J connectivity index is 1.83. The van der Waals surface area contributed by atoms with Gasteiger partial charge in [0.05, 0.1) is 19.3 Å². The minimum atomic E-state index is -0.264. The highest BCUT2D eigenvalue weighted by atomic mass is 16.5. The van der Waals surface area contributed by atoms with Crippen LogP contribution >= 0.6 is 0 Å². The van der Waals surface area contributed by atoms with Gasteiger partial charge in [-0.2, -0.15) is 5.26 Å². The lowest BCUT2D eigenvalue weighted by atomic mass is 9.81. The van der Waals surface area contributed by atoms with Crippen molar-refractivity contribution in [3.8, 4) is 6.07 Å². The first-order valence-electron chi connectivity index (χ1n) is 5.66. The molecule has 0 atom stereocenters. The molecule has 1 aromatic rings. The molecule has 0 aliphatic carbocycles. The van der Waals surface area contributed by atoms with E-state index in [0.29, 0.717) is 13.2 Å². The number of anilines is 1. The number of hydrogen-bond donors (Lipinski definition) is 1. The molecule has 2 aliphatic rings. The standard InChI is InChI=1S/C13H14N2O/c14-7-13(8-16-9-13)6-10-1-2-12-11(5-10)3-4-15-12/h1-2,5,15H,3-4,6,8-9H2. The fourth-order valence-electron chi connectivity index (χ4n) is 2.41. The molecule has 0 aromatic heterocycles. The van der Waals surface area contributed by atoms with Crippen LogP contribution in [0.25, 0.3) is 0 Å². The van der Waals surface area contributed by atoms with Gasteiger partial charge in [0, 0.05) is 12.2 Å². The average molecular weight is 214 g/mol. The summed E-state index contributed by atoms with van der Waals surface area (Å²) in [6, 6.07) is 8.87. The molecular formula is C13H14N2O. The third-order valence-electron chi connectivity index (χ3n) is 3.42. The van der Waals surface area contributed by atoms with Gasteiger partial charge in [-0.15, -0.1) is 0 Å². The van der Waals surface area contributed by atoms with Crippen LogP contribution in [0.2, 0.25) is 0 Å². The second kappa shape index (κ2) is 3.50. The van der Waals surface area contributed by atoms with Gasteiger partial charge in [0.2, 0.25) is 0 Å². The van der Waals surface area contributed by atoms with E-state index in [2.05, 4.69) is 29.6 Å². The molecule has 16 heavy (non-hydrogen) atoms. The molecule has 82 valence electrons. The van der Waals surface area contributed by atoms with Crippen LogP contribution in [0.15, 0.2) is 18.2 Å². The summed E-state index contributed by atoms with van der Waals surface area (Å²) in [5, 5.41) is 12.5. The number of ether oxygens (including phenoxy) is 1. The molecular weight excluding hydrogens is 200 g/mol. The van der Waals surface area contributed by atoms with E-state index in [1.807, 2.05) is 0 Å². The third kappa shape index (κ3) is 1.46. The van der Waals surface area contributed by atoms with Crippen LogP contribution in [0.1, 0.15) is 11.1 Å². The third-order valence-corrected chi connectivity index (χ3v) is 3.42. The molecule has 0 radical (unpaired) electrons. The van der Waals surface area contributed by atoms with E-state index in [1.165, 1.54) is 16.8 Å². The molecule has 3 heteroatoms. The highest BCUT2D eigenvalue weighted by Gasteiger charge is 2.39. The Morgan fingerprint density at radius 3 is 3.00 bits per heavy atom. The minimum Gasteiger partial charge on any atom is -0.384 e. The lowest BCUT2D eigenvalue weighted by Crippen LogP contribution is -2.43. The van der Waals surface area contributed by atoms with Crippen molar-refractivity contribution in [3.05, 3.63) is 29.3 Å². The van der Waals surface area contributed by atoms with Crippen molar-refractivity contribution in [2.45, 2.75) is 12.8 Å². The van der Waals surface area contributed by atoms with E-state index in [0.717, 1.165) is 19.4 Å². The smallest absolute Gasteiger partial charge is 0.108 e. The minimum absolute atomic E-state index is 0.264. The number of rotatable bonds is 2. The van der Waals surface area contributed by atoms with Crippen LogP contribution < -0.4 is 5.32 Å². The van der Waals surface area contributed by atoms with E-state index in [9.17, 15) is 0 Å². The number of hydrogen-bond acceptors (Lipinski definition) is 3. The summed E-state index contributed by atoms with van der Waals surface area (Å²) in [7, 11) is 0. The van der Waals surface area contributed by atoms with E-state index in [1.54, 1.807) is 0 Å². The monoisotopic (exact) mass is 214 g/mol. The molecule has 0 saturated carbocycles. The maximum Gasteiger partial charge on any atom is 0.108 e. The topological polar surface area (TPSA) is 45.0 Å². The maximum atomic E-state index is 9.15. The molecule has 1 fully saturated rings. The number of nitrogens with zero attached hydrogens (tertiary/aromatic N) is 1. The van der Waals surface area contributed by atoms with E-state index in [4.69, 9.17) is 10.00 Å². The lowest BCUT2D eigenvalue weighted by Gasteiger charge is -2.35. The number of nitriles is 1. The van der Waals surface area contributed by atoms with Gasteiger partial charge >= 0.3 is 0 Å². The normalized spacial score (nSPS) is 20.4. The van der Waals surface area contributed by atoms with Crippen LogP contribution in [0, 0.1) is 16.7 Å². The van der Waals surface area contributed by atoms with E-state index < -0.39 is 0 Å². The molecule has 1 N–H and O–H groups in total. The van der Waals surface area contributed by atoms with Gasteiger partial charge in [-0.05, 0) is 30.0 Å². The van der Waals surface area contributed by atoms with Crippen LogP contribution in [0.5, 0.6) is 0 Å². The van der Waals surface area contributed by atoms with Gasteiger partial charge in [-0.1, -0.05) is 12.1 Å². The van der Waals surface area contributed by atoms with Crippen LogP contribution in [-0.2, 0) is 17.6 Å². The second-order valence-electron chi connectivity index (χ2n) is 4.73. The van der Waals surface area contributed by atoms with E-state index >= 15 is 0 Å². The van der Waals surface area contributed by atoms with Crippen molar-refractivity contribution >= 4 is 5.69 Å². The van der Waals surface area contributed by atoms with Gasteiger partial charge < -0.3 is 10.1 Å². The molecule has 0 unspecified atom stereocenters. The second-order valence-corrected chi connectivity index (χ2v) is 4.73. The summed E-state index contributed by atoms with van der Waals surface area (Å²) in [6.07, 6.45) is 1.91. The zero-order chi connectivity index (χ0) is 11.0. The Hall–Kier alpha value is -1.53. The average Bonchev–Trinajstić information content (AvgIpc) is 2.70. The molecule has 3 rings (SSSR count). The Labute approximate surface area is 95.0 Å². The zero-order valence-corrected chi connectivity index (χ0v) is 9.12. The van der Waals surface area contributed by atoms with Crippen LogP contribution in [0.4, 0.5) is 5.69 Å². The Morgan fingerprint density at radius 1 is 1.44 bits per heavy atom. The Kier molecular flexibility index (Phi) is 2.12. The van der Waals surface area contributed by atoms with Crippen molar-refractivity contribution < 1.29 is 4.74 Å². The fraction of sp³-hybridized carbons (Fsp3) is 0.462. The SMILES string of the molecule is N#CC1(Cc2ccc3c(c2)CCN3)COC1. The number of benzene rings is 1. The van der Waals surface area contributed by atoms with Crippen LogP contribution in [0.3, 0.4) is 0 Å². The summed E-state index contributed by atoms with van der Waals surface area (Å²) >= 11 is 0. The molecule has 0 bridgehead atoms. The molecule has 1 saturated heterocycles. The summed E-state index contributed by atoms with van der Waals surface area (Å²) in [5.74, 6) is 0. The summed E-state index contributed by atoms with van der Waals surface area (Å²) in [4.78, 5) is 0. The van der Waals surface area contributed by atoms with Crippen molar-refractivity contribution in [1.82, 2.24) is 0 Å². The zero-order valence-electron chi connectivity index (χ0n) is 9.12. The Morgan fingerprint density at radius 2 is 2.31 bits per heavy atom. The first-order valence-corrected chi connectivity index (χ1v) is 5.66. The predicted octanol–water partition coefficient (Wildman–Crippen LogP) is 1.74. The van der Waals surface area contributed by atoms with Crippen molar-refractivity contribution in [1.29, 1.82) is 5.26 Å². The summed E-state index contributed by atoms with van der Waals surface area (Å²) in [6.45, 7) is 2.20. The van der Waals surface area contributed by atoms with Gasteiger partial charge in [0.1, 0.15) is 5.41 Å². The van der Waals surface area contributed by atoms with Crippen molar-refractivity contribution in [2.75, 3.05) is 25.1 Å². The number of fused-ring (bicyclic) bond motifs is 1. The molecule has 2 heterocycles. The molecule has 3 nitrogen and oxygen atoms in total. The molecule has 0 amide bonds.